The lowest BCUT2D eigenvalue weighted by Crippen LogP contribution is -2.12. The van der Waals surface area contributed by atoms with Gasteiger partial charge in [-0.15, -0.1) is 0 Å². The second kappa shape index (κ2) is 5.75. The molecule has 0 aliphatic carbocycles. The minimum atomic E-state index is -1.11. The van der Waals surface area contributed by atoms with Crippen LogP contribution >= 0.6 is 11.6 Å². The molecule has 0 spiro atoms. The summed E-state index contributed by atoms with van der Waals surface area (Å²) in [7, 11) is 0. The van der Waals surface area contributed by atoms with Crippen molar-refractivity contribution in [3.63, 3.8) is 0 Å². The molecular weight excluding hydrogens is 278 g/mol. The molecule has 0 heterocycles. The first-order chi connectivity index (χ1) is 9.47. The van der Waals surface area contributed by atoms with E-state index in [0.717, 1.165) is 5.56 Å². The number of anilines is 1. The van der Waals surface area contributed by atoms with Crippen LogP contribution in [-0.2, 0) is 0 Å². The number of aryl methyl sites for hydroxylation is 1. The first kappa shape index (κ1) is 14.1. The molecule has 0 aliphatic heterocycles. The Hall–Kier alpha value is -2.33. The molecule has 0 fully saturated rings. The standard InChI is InChI=1S/C15H12ClNO3/c1-9-2-4-10(5-3-9)14(18)17-11-6-7-12(15(19)20)13(16)8-11/h2-8H,1H3,(H,17,18)(H,19,20). The number of hydrogen-bond donors (Lipinski definition) is 2. The van der Waals surface area contributed by atoms with E-state index in [4.69, 9.17) is 16.7 Å². The number of carboxylic acids is 1. The Morgan fingerprint density at radius 1 is 1.10 bits per heavy atom. The van der Waals surface area contributed by atoms with Crippen molar-refractivity contribution in [3.05, 3.63) is 64.2 Å². The molecule has 0 aromatic heterocycles. The summed E-state index contributed by atoms with van der Waals surface area (Å²) in [5, 5.41) is 11.6. The van der Waals surface area contributed by atoms with E-state index in [9.17, 15) is 9.59 Å². The fraction of sp³-hybridized carbons (Fsp3) is 0.0667. The van der Waals surface area contributed by atoms with Crippen LogP contribution < -0.4 is 5.32 Å². The molecule has 0 bridgehead atoms. The zero-order valence-electron chi connectivity index (χ0n) is 10.7. The van der Waals surface area contributed by atoms with Crippen molar-refractivity contribution in [2.24, 2.45) is 0 Å². The number of amides is 1. The number of rotatable bonds is 3. The van der Waals surface area contributed by atoms with E-state index in [0.29, 0.717) is 11.3 Å². The minimum absolute atomic E-state index is 0.00000144. The highest BCUT2D eigenvalue weighted by Crippen LogP contribution is 2.21. The smallest absolute Gasteiger partial charge is 0.337 e. The highest BCUT2D eigenvalue weighted by molar-refractivity contribution is 6.33. The average molecular weight is 290 g/mol. The summed E-state index contributed by atoms with van der Waals surface area (Å²) in [4.78, 5) is 22.8. The molecule has 2 rings (SSSR count). The Labute approximate surface area is 121 Å². The average Bonchev–Trinajstić information content (AvgIpc) is 2.39. The Morgan fingerprint density at radius 2 is 1.75 bits per heavy atom. The van der Waals surface area contributed by atoms with Crippen molar-refractivity contribution in [1.29, 1.82) is 0 Å². The summed E-state index contributed by atoms with van der Waals surface area (Å²) in [6.07, 6.45) is 0. The third kappa shape index (κ3) is 3.16. The maximum atomic E-state index is 12.0. The van der Waals surface area contributed by atoms with Gasteiger partial charge in [0, 0.05) is 11.3 Å². The first-order valence-corrected chi connectivity index (χ1v) is 6.26. The van der Waals surface area contributed by atoms with Gasteiger partial charge in [-0.2, -0.15) is 0 Å². The summed E-state index contributed by atoms with van der Waals surface area (Å²) in [5.41, 5.74) is 2.04. The Morgan fingerprint density at radius 3 is 2.30 bits per heavy atom. The number of aromatic carboxylic acids is 1. The second-order valence-electron chi connectivity index (χ2n) is 4.32. The highest BCUT2D eigenvalue weighted by atomic mass is 35.5. The SMILES string of the molecule is Cc1ccc(C(=O)Nc2ccc(C(=O)O)c(Cl)c2)cc1. The van der Waals surface area contributed by atoms with Crippen molar-refractivity contribution in [1.82, 2.24) is 0 Å². The van der Waals surface area contributed by atoms with E-state index in [1.165, 1.54) is 18.2 Å². The lowest BCUT2D eigenvalue weighted by Gasteiger charge is -2.07. The second-order valence-corrected chi connectivity index (χ2v) is 4.73. The third-order valence-electron chi connectivity index (χ3n) is 2.77. The van der Waals surface area contributed by atoms with Crippen molar-refractivity contribution in [2.45, 2.75) is 6.92 Å². The number of carbonyl (C=O) groups excluding carboxylic acids is 1. The van der Waals surface area contributed by atoms with Gasteiger partial charge in [-0.3, -0.25) is 4.79 Å². The number of hydrogen-bond acceptors (Lipinski definition) is 2. The molecule has 4 nitrogen and oxygen atoms in total. The van der Waals surface area contributed by atoms with E-state index < -0.39 is 5.97 Å². The van der Waals surface area contributed by atoms with Crippen molar-refractivity contribution in [3.8, 4) is 0 Å². The van der Waals surface area contributed by atoms with Crippen LogP contribution in [0.3, 0.4) is 0 Å². The summed E-state index contributed by atoms with van der Waals surface area (Å²) in [5.74, 6) is -1.38. The van der Waals surface area contributed by atoms with Crippen molar-refractivity contribution >= 4 is 29.2 Å². The van der Waals surface area contributed by atoms with Gasteiger partial charge in [0.25, 0.3) is 5.91 Å². The fourth-order valence-electron chi connectivity index (χ4n) is 1.67. The molecule has 0 saturated carbocycles. The molecule has 5 heteroatoms. The molecule has 2 aromatic rings. The van der Waals surface area contributed by atoms with Gasteiger partial charge in [0.15, 0.2) is 0 Å². The quantitative estimate of drug-likeness (QED) is 0.907. The maximum absolute atomic E-state index is 12.0. The van der Waals surface area contributed by atoms with Crippen molar-refractivity contribution in [2.75, 3.05) is 5.32 Å². The number of carbonyl (C=O) groups is 2. The molecule has 0 saturated heterocycles. The number of nitrogens with one attached hydrogen (secondary N) is 1. The van der Waals surface area contributed by atoms with Crippen LogP contribution in [0.5, 0.6) is 0 Å². The van der Waals surface area contributed by atoms with Gasteiger partial charge in [-0.05, 0) is 37.3 Å². The zero-order valence-corrected chi connectivity index (χ0v) is 11.4. The number of halogens is 1. The molecule has 0 radical (unpaired) electrons. The first-order valence-electron chi connectivity index (χ1n) is 5.88. The van der Waals surface area contributed by atoms with Gasteiger partial charge >= 0.3 is 5.97 Å². The monoisotopic (exact) mass is 289 g/mol. The van der Waals surface area contributed by atoms with Crippen LogP contribution in [0.25, 0.3) is 0 Å². The summed E-state index contributed by atoms with van der Waals surface area (Å²) in [6, 6.07) is 11.4. The van der Waals surface area contributed by atoms with Crippen LogP contribution in [0.15, 0.2) is 42.5 Å². The van der Waals surface area contributed by atoms with Crippen LogP contribution in [0, 0.1) is 6.92 Å². The van der Waals surface area contributed by atoms with E-state index >= 15 is 0 Å². The Balaban J connectivity index is 2.18. The van der Waals surface area contributed by atoms with Crippen LogP contribution in [0.1, 0.15) is 26.3 Å². The van der Waals surface area contributed by atoms with Gasteiger partial charge in [0.2, 0.25) is 0 Å². The van der Waals surface area contributed by atoms with E-state index in [2.05, 4.69) is 5.32 Å². The van der Waals surface area contributed by atoms with Gasteiger partial charge in [-0.25, -0.2) is 4.79 Å². The third-order valence-corrected chi connectivity index (χ3v) is 3.08. The molecule has 2 N–H and O–H groups in total. The predicted molar refractivity (Wildman–Crippen MR) is 77.5 cm³/mol. The van der Waals surface area contributed by atoms with Crippen LogP contribution in [-0.4, -0.2) is 17.0 Å². The number of benzene rings is 2. The van der Waals surface area contributed by atoms with Crippen molar-refractivity contribution < 1.29 is 14.7 Å². The van der Waals surface area contributed by atoms with Crippen LogP contribution in [0.4, 0.5) is 5.69 Å². The predicted octanol–water partition coefficient (Wildman–Crippen LogP) is 3.60. The van der Waals surface area contributed by atoms with Gasteiger partial charge in [0.1, 0.15) is 0 Å². The van der Waals surface area contributed by atoms with Gasteiger partial charge < -0.3 is 10.4 Å². The molecular formula is C15H12ClNO3. The Bertz CT molecular complexity index is 665. The van der Waals surface area contributed by atoms with E-state index in [1.54, 1.807) is 12.1 Å². The minimum Gasteiger partial charge on any atom is -0.478 e. The summed E-state index contributed by atoms with van der Waals surface area (Å²) < 4.78 is 0. The lowest BCUT2D eigenvalue weighted by atomic mass is 10.1. The molecule has 0 unspecified atom stereocenters. The zero-order chi connectivity index (χ0) is 14.7. The molecule has 102 valence electrons. The number of carboxylic acid groups (broad SMARTS) is 1. The molecule has 2 aromatic carbocycles. The molecule has 1 amide bonds. The van der Waals surface area contributed by atoms with Gasteiger partial charge in [0.05, 0.1) is 10.6 Å². The maximum Gasteiger partial charge on any atom is 0.337 e. The molecule has 0 aliphatic rings. The normalized spacial score (nSPS) is 10.1. The Kier molecular flexibility index (Phi) is 4.05. The van der Waals surface area contributed by atoms with E-state index in [-0.39, 0.29) is 16.5 Å². The largest absolute Gasteiger partial charge is 0.478 e. The molecule has 0 atom stereocenters. The van der Waals surface area contributed by atoms with Gasteiger partial charge in [-0.1, -0.05) is 29.3 Å². The summed E-state index contributed by atoms with van der Waals surface area (Å²) in [6.45, 7) is 1.94. The topological polar surface area (TPSA) is 66.4 Å². The molecule has 20 heavy (non-hydrogen) atoms. The lowest BCUT2D eigenvalue weighted by molar-refractivity contribution is 0.0697. The fourth-order valence-corrected chi connectivity index (χ4v) is 1.94. The highest BCUT2D eigenvalue weighted by Gasteiger charge is 2.11. The van der Waals surface area contributed by atoms with E-state index in [1.807, 2.05) is 19.1 Å². The summed E-state index contributed by atoms with van der Waals surface area (Å²) >= 11 is 5.84. The van der Waals surface area contributed by atoms with Crippen LogP contribution in [0.2, 0.25) is 5.02 Å².